The zero-order valence-electron chi connectivity index (χ0n) is 11.3. The number of rotatable bonds is 3. The molecular weight excluding hydrogens is 262 g/mol. The van der Waals surface area contributed by atoms with Crippen LogP contribution in [-0.4, -0.2) is 24.8 Å². The van der Waals surface area contributed by atoms with Gasteiger partial charge in [0.05, 0.1) is 0 Å². The van der Waals surface area contributed by atoms with Crippen LogP contribution in [0.15, 0.2) is 67.3 Å². The first-order chi connectivity index (χ1) is 10.4. The average molecular weight is 275 g/mol. The molecule has 0 bridgehead atoms. The minimum Gasteiger partial charge on any atom is -0.243 e. The largest absolute Gasteiger partial charge is 0.243 e. The third-order valence-electron chi connectivity index (χ3n) is 3.49. The minimum atomic E-state index is 0.848. The van der Waals surface area contributed by atoms with E-state index in [4.69, 9.17) is 0 Å². The van der Waals surface area contributed by atoms with E-state index in [9.17, 15) is 0 Å². The Hall–Kier alpha value is -2.95. The maximum absolute atomic E-state index is 4.34. The number of fused-ring (bicyclic) bond motifs is 1. The SMILES string of the molecule is c1ccc(Cc2cccc3c2nnn3-n2ccnc2)cc1. The van der Waals surface area contributed by atoms with Crippen molar-refractivity contribution >= 4 is 11.0 Å². The van der Waals surface area contributed by atoms with Crippen molar-refractivity contribution in [2.45, 2.75) is 6.42 Å². The molecule has 2 aromatic heterocycles. The molecule has 0 saturated carbocycles. The highest BCUT2D eigenvalue weighted by Crippen LogP contribution is 2.19. The third kappa shape index (κ3) is 2.08. The Morgan fingerprint density at radius 1 is 0.952 bits per heavy atom. The van der Waals surface area contributed by atoms with Crippen LogP contribution in [0.4, 0.5) is 0 Å². The predicted octanol–water partition coefficient (Wildman–Crippen LogP) is 2.53. The van der Waals surface area contributed by atoms with Crippen molar-refractivity contribution in [2.75, 3.05) is 0 Å². The summed E-state index contributed by atoms with van der Waals surface area (Å²) in [5.41, 5.74) is 4.34. The maximum Gasteiger partial charge on any atom is 0.119 e. The summed E-state index contributed by atoms with van der Waals surface area (Å²) in [6.07, 6.45) is 6.12. The fraction of sp³-hybridized carbons (Fsp3) is 0.0625. The Morgan fingerprint density at radius 3 is 2.67 bits per heavy atom. The predicted molar refractivity (Wildman–Crippen MR) is 79.8 cm³/mol. The highest BCUT2D eigenvalue weighted by atomic mass is 15.6. The lowest BCUT2D eigenvalue weighted by Crippen LogP contribution is -2.08. The molecule has 0 radical (unpaired) electrons. The third-order valence-corrected chi connectivity index (χ3v) is 3.49. The van der Waals surface area contributed by atoms with Gasteiger partial charge in [-0.2, -0.15) is 0 Å². The summed E-state index contributed by atoms with van der Waals surface area (Å²) in [5, 5.41) is 8.56. The molecule has 0 atom stereocenters. The zero-order chi connectivity index (χ0) is 14.1. The van der Waals surface area contributed by atoms with E-state index in [1.54, 1.807) is 17.3 Å². The van der Waals surface area contributed by atoms with Crippen molar-refractivity contribution < 1.29 is 0 Å². The van der Waals surface area contributed by atoms with E-state index >= 15 is 0 Å². The second kappa shape index (κ2) is 4.86. The van der Waals surface area contributed by atoms with Crippen molar-refractivity contribution in [3.05, 3.63) is 78.4 Å². The van der Waals surface area contributed by atoms with Crippen molar-refractivity contribution in [3.8, 4) is 0 Å². The van der Waals surface area contributed by atoms with E-state index in [1.807, 2.05) is 29.1 Å². The second-order valence-corrected chi connectivity index (χ2v) is 4.87. The van der Waals surface area contributed by atoms with Gasteiger partial charge in [0.1, 0.15) is 17.4 Å². The van der Waals surface area contributed by atoms with Crippen molar-refractivity contribution in [1.82, 2.24) is 24.8 Å². The van der Waals surface area contributed by atoms with Gasteiger partial charge in [-0.05, 0) is 28.8 Å². The van der Waals surface area contributed by atoms with Gasteiger partial charge >= 0.3 is 0 Å². The maximum atomic E-state index is 4.34. The molecule has 0 unspecified atom stereocenters. The van der Waals surface area contributed by atoms with Gasteiger partial charge in [-0.25, -0.2) is 9.66 Å². The molecule has 0 amide bonds. The number of hydrogen-bond acceptors (Lipinski definition) is 3. The monoisotopic (exact) mass is 275 g/mol. The second-order valence-electron chi connectivity index (χ2n) is 4.87. The van der Waals surface area contributed by atoms with Gasteiger partial charge in [0, 0.05) is 12.4 Å². The number of aromatic nitrogens is 5. The molecule has 5 heteroatoms. The first-order valence-corrected chi connectivity index (χ1v) is 6.78. The van der Waals surface area contributed by atoms with Gasteiger partial charge in [-0.15, -0.1) is 9.89 Å². The van der Waals surface area contributed by atoms with Crippen LogP contribution in [0.3, 0.4) is 0 Å². The molecular formula is C16H13N5. The highest BCUT2D eigenvalue weighted by Gasteiger charge is 2.10. The van der Waals surface area contributed by atoms with Gasteiger partial charge in [-0.1, -0.05) is 42.5 Å². The number of nitrogens with zero attached hydrogens (tertiary/aromatic N) is 5. The first kappa shape index (κ1) is 11.8. The van der Waals surface area contributed by atoms with Gasteiger partial charge in [0.25, 0.3) is 0 Å². The van der Waals surface area contributed by atoms with Crippen LogP contribution in [0.5, 0.6) is 0 Å². The Balaban J connectivity index is 1.81. The summed E-state index contributed by atoms with van der Waals surface area (Å²) in [7, 11) is 0. The van der Waals surface area contributed by atoms with Crippen LogP contribution in [0.1, 0.15) is 11.1 Å². The summed E-state index contributed by atoms with van der Waals surface area (Å²) in [5.74, 6) is 0. The van der Waals surface area contributed by atoms with Crippen LogP contribution in [0.25, 0.3) is 11.0 Å². The Labute approximate surface area is 121 Å². The molecule has 0 spiro atoms. The Morgan fingerprint density at radius 2 is 1.86 bits per heavy atom. The lowest BCUT2D eigenvalue weighted by molar-refractivity contribution is 0.568. The smallest absolute Gasteiger partial charge is 0.119 e. The summed E-state index contributed by atoms with van der Waals surface area (Å²) in [6, 6.07) is 16.5. The van der Waals surface area contributed by atoms with E-state index in [2.05, 4.69) is 45.6 Å². The lowest BCUT2D eigenvalue weighted by atomic mass is 10.0. The lowest BCUT2D eigenvalue weighted by Gasteiger charge is -2.04. The topological polar surface area (TPSA) is 48.5 Å². The summed E-state index contributed by atoms with van der Waals surface area (Å²) in [6.45, 7) is 0. The van der Waals surface area contributed by atoms with E-state index in [0.717, 1.165) is 17.5 Å². The molecule has 2 aromatic carbocycles. The average Bonchev–Trinajstić information content (AvgIpc) is 3.17. The number of hydrogen-bond donors (Lipinski definition) is 0. The highest BCUT2D eigenvalue weighted by molar-refractivity contribution is 5.78. The fourth-order valence-electron chi connectivity index (χ4n) is 2.48. The molecule has 0 fully saturated rings. The van der Waals surface area contributed by atoms with Crippen molar-refractivity contribution in [3.63, 3.8) is 0 Å². The van der Waals surface area contributed by atoms with Crippen molar-refractivity contribution in [1.29, 1.82) is 0 Å². The Kier molecular flexibility index (Phi) is 2.74. The standard InChI is InChI=1S/C16H13N5/c1-2-5-13(6-3-1)11-14-7-4-8-15-16(14)18-19-21(15)20-10-9-17-12-20/h1-10,12H,11H2. The number of imidazole rings is 1. The van der Waals surface area contributed by atoms with Crippen LogP contribution >= 0.6 is 0 Å². The molecule has 5 nitrogen and oxygen atoms in total. The van der Waals surface area contributed by atoms with Gasteiger partial charge in [-0.3, -0.25) is 0 Å². The molecule has 2 heterocycles. The summed E-state index contributed by atoms with van der Waals surface area (Å²) < 4.78 is 1.81. The quantitative estimate of drug-likeness (QED) is 0.577. The zero-order valence-corrected chi connectivity index (χ0v) is 11.3. The molecule has 4 aromatic rings. The molecule has 102 valence electrons. The van der Waals surface area contributed by atoms with Crippen LogP contribution in [0.2, 0.25) is 0 Å². The molecule has 0 N–H and O–H groups in total. The summed E-state index contributed by atoms with van der Waals surface area (Å²) in [4.78, 5) is 5.80. The number of benzene rings is 2. The van der Waals surface area contributed by atoms with E-state index < -0.39 is 0 Å². The first-order valence-electron chi connectivity index (χ1n) is 6.78. The molecule has 0 aliphatic heterocycles. The minimum absolute atomic E-state index is 0.848. The van der Waals surface area contributed by atoms with Crippen molar-refractivity contribution in [2.24, 2.45) is 0 Å². The molecule has 4 rings (SSSR count). The fourth-order valence-corrected chi connectivity index (χ4v) is 2.48. The van der Waals surface area contributed by atoms with Crippen LogP contribution in [0, 0.1) is 0 Å². The molecule has 21 heavy (non-hydrogen) atoms. The van der Waals surface area contributed by atoms with E-state index in [1.165, 1.54) is 11.1 Å². The van der Waals surface area contributed by atoms with Gasteiger partial charge in [0.2, 0.25) is 0 Å². The molecule has 0 aliphatic carbocycles. The van der Waals surface area contributed by atoms with Crippen LogP contribution in [-0.2, 0) is 6.42 Å². The van der Waals surface area contributed by atoms with Gasteiger partial charge < -0.3 is 0 Å². The Bertz CT molecular complexity index is 862. The normalized spacial score (nSPS) is 11.0. The van der Waals surface area contributed by atoms with Crippen LogP contribution < -0.4 is 0 Å². The molecule has 0 saturated heterocycles. The summed E-state index contributed by atoms with van der Waals surface area (Å²) >= 11 is 0. The van der Waals surface area contributed by atoms with Gasteiger partial charge in [0.15, 0.2) is 0 Å². The van der Waals surface area contributed by atoms with E-state index in [0.29, 0.717) is 0 Å². The van der Waals surface area contributed by atoms with E-state index in [-0.39, 0.29) is 0 Å². The molecule has 0 aliphatic rings.